The van der Waals surface area contributed by atoms with Gasteiger partial charge in [0.05, 0.1) is 19.8 Å². The van der Waals surface area contributed by atoms with Crippen LogP contribution >= 0.6 is 11.8 Å². The quantitative estimate of drug-likeness (QED) is 0.566. The highest BCUT2D eigenvalue weighted by atomic mass is 32.2. The van der Waals surface area contributed by atoms with Gasteiger partial charge in [-0.1, -0.05) is 17.7 Å². The molecule has 3 rings (SSSR count). The van der Waals surface area contributed by atoms with E-state index in [9.17, 15) is 9.59 Å². The fraction of sp³-hybridized carbons (Fsp3) is 0.652. The number of ether oxygens (including phenoxy) is 2. The van der Waals surface area contributed by atoms with Gasteiger partial charge in [-0.2, -0.15) is 11.8 Å². The summed E-state index contributed by atoms with van der Waals surface area (Å²) in [7, 11) is 0. The lowest BCUT2D eigenvalue weighted by Gasteiger charge is -2.37. The van der Waals surface area contributed by atoms with Gasteiger partial charge in [0, 0.05) is 43.8 Å². The second-order valence-corrected chi connectivity index (χ2v) is 9.25. The maximum Gasteiger partial charge on any atom is 0.251 e. The number of rotatable bonds is 10. The fourth-order valence-electron chi connectivity index (χ4n) is 4.22. The third-order valence-electron chi connectivity index (χ3n) is 6.02. The molecule has 2 saturated heterocycles. The normalized spacial score (nSPS) is 21.4. The number of hydrogen-bond donors (Lipinski definition) is 2. The Balaban J connectivity index is 1.61. The SMILES string of the molecule is CSCCC(NC(=O)c1cccc(C)c1)C(=O)NCC(C1CCOC1)N1CCOCC1. The standard InChI is InChI=1S/C23H35N3O4S/c1-17-4-3-5-18(14-17)22(27)25-20(7-13-31-2)23(28)24-15-21(19-6-10-30-16-19)26-8-11-29-12-9-26/h3-5,14,19-21H,6-13,15-16H2,1-2H3,(H,24,28)(H,25,27). The van der Waals surface area contributed by atoms with Crippen molar-refractivity contribution in [2.75, 3.05) is 58.1 Å². The zero-order valence-corrected chi connectivity index (χ0v) is 19.4. The molecule has 172 valence electrons. The van der Waals surface area contributed by atoms with E-state index in [1.807, 2.05) is 31.4 Å². The molecule has 2 N–H and O–H groups in total. The summed E-state index contributed by atoms with van der Waals surface area (Å²) in [5.41, 5.74) is 1.60. The lowest BCUT2D eigenvalue weighted by atomic mass is 9.96. The van der Waals surface area contributed by atoms with Crippen molar-refractivity contribution in [3.8, 4) is 0 Å². The fourth-order valence-corrected chi connectivity index (χ4v) is 4.69. The summed E-state index contributed by atoms with van der Waals surface area (Å²) < 4.78 is 11.1. The topological polar surface area (TPSA) is 79.9 Å². The molecule has 0 aromatic heterocycles. The third-order valence-corrected chi connectivity index (χ3v) is 6.67. The van der Waals surface area contributed by atoms with Crippen molar-refractivity contribution in [2.45, 2.75) is 31.8 Å². The van der Waals surface area contributed by atoms with E-state index in [0.29, 0.717) is 24.4 Å². The van der Waals surface area contributed by atoms with E-state index in [1.54, 1.807) is 17.8 Å². The Morgan fingerprint density at radius 1 is 1.23 bits per heavy atom. The summed E-state index contributed by atoms with van der Waals surface area (Å²) in [5.74, 6) is 0.881. The van der Waals surface area contributed by atoms with Crippen molar-refractivity contribution in [3.05, 3.63) is 35.4 Å². The number of amides is 2. The Kier molecular flexibility index (Phi) is 9.64. The van der Waals surface area contributed by atoms with Crippen LogP contribution in [-0.4, -0.2) is 86.9 Å². The molecule has 1 aromatic rings. The molecule has 3 unspecified atom stereocenters. The summed E-state index contributed by atoms with van der Waals surface area (Å²) in [5, 5.41) is 6.08. The highest BCUT2D eigenvalue weighted by molar-refractivity contribution is 7.98. The molecule has 0 radical (unpaired) electrons. The van der Waals surface area contributed by atoms with Crippen LogP contribution in [0.4, 0.5) is 0 Å². The van der Waals surface area contributed by atoms with Crippen molar-refractivity contribution < 1.29 is 19.1 Å². The largest absolute Gasteiger partial charge is 0.381 e. The van der Waals surface area contributed by atoms with Crippen LogP contribution in [0.25, 0.3) is 0 Å². The molecule has 2 amide bonds. The Hall–Kier alpha value is -1.61. The minimum Gasteiger partial charge on any atom is -0.381 e. The van der Waals surface area contributed by atoms with Gasteiger partial charge in [0.15, 0.2) is 0 Å². The number of benzene rings is 1. The molecule has 31 heavy (non-hydrogen) atoms. The molecule has 2 aliphatic rings. The molecular formula is C23H35N3O4S. The maximum atomic E-state index is 13.1. The lowest BCUT2D eigenvalue weighted by Crippen LogP contribution is -2.55. The van der Waals surface area contributed by atoms with Gasteiger partial charge in [-0.3, -0.25) is 14.5 Å². The third kappa shape index (κ3) is 7.20. The predicted molar refractivity (Wildman–Crippen MR) is 124 cm³/mol. The monoisotopic (exact) mass is 449 g/mol. The molecule has 7 nitrogen and oxygen atoms in total. The van der Waals surface area contributed by atoms with Crippen LogP contribution in [0, 0.1) is 12.8 Å². The Morgan fingerprint density at radius 2 is 2.03 bits per heavy atom. The highest BCUT2D eigenvalue weighted by Gasteiger charge is 2.32. The van der Waals surface area contributed by atoms with E-state index in [-0.39, 0.29) is 17.9 Å². The zero-order valence-electron chi connectivity index (χ0n) is 18.6. The molecule has 0 spiro atoms. The number of nitrogens with one attached hydrogen (secondary N) is 2. The van der Waals surface area contributed by atoms with Gasteiger partial charge in [0.25, 0.3) is 5.91 Å². The van der Waals surface area contributed by atoms with Gasteiger partial charge in [0.1, 0.15) is 6.04 Å². The Bertz CT molecular complexity index is 721. The molecule has 8 heteroatoms. The van der Waals surface area contributed by atoms with E-state index >= 15 is 0 Å². The van der Waals surface area contributed by atoms with Gasteiger partial charge in [-0.25, -0.2) is 0 Å². The molecule has 2 heterocycles. The molecule has 2 aliphatic heterocycles. The van der Waals surface area contributed by atoms with Crippen LogP contribution in [0.5, 0.6) is 0 Å². The summed E-state index contributed by atoms with van der Waals surface area (Å²) >= 11 is 1.67. The number of morpholine rings is 1. The minimum absolute atomic E-state index is 0.118. The number of nitrogens with zero attached hydrogens (tertiary/aromatic N) is 1. The number of aryl methyl sites for hydroxylation is 1. The van der Waals surface area contributed by atoms with Crippen molar-refractivity contribution in [1.82, 2.24) is 15.5 Å². The summed E-state index contributed by atoms with van der Waals surface area (Å²) in [6.07, 6.45) is 3.61. The lowest BCUT2D eigenvalue weighted by molar-refractivity contribution is -0.123. The van der Waals surface area contributed by atoms with E-state index in [1.165, 1.54) is 0 Å². The van der Waals surface area contributed by atoms with Crippen molar-refractivity contribution in [3.63, 3.8) is 0 Å². The number of hydrogen-bond acceptors (Lipinski definition) is 6. The van der Waals surface area contributed by atoms with Crippen LogP contribution in [0.1, 0.15) is 28.8 Å². The first-order valence-electron chi connectivity index (χ1n) is 11.1. The Morgan fingerprint density at radius 3 is 2.71 bits per heavy atom. The number of carbonyl (C=O) groups excluding carboxylic acids is 2. The van der Waals surface area contributed by atoms with Crippen molar-refractivity contribution >= 4 is 23.6 Å². The van der Waals surface area contributed by atoms with Crippen LogP contribution in [-0.2, 0) is 14.3 Å². The number of carbonyl (C=O) groups is 2. The van der Waals surface area contributed by atoms with Gasteiger partial charge in [-0.05, 0) is 43.9 Å². The predicted octanol–water partition coefficient (Wildman–Crippen LogP) is 1.70. The average Bonchev–Trinajstić information content (AvgIpc) is 3.32. The van der Waals surface area contributed by atoms with Crippen molar-refractivity contribution in [1.29, 1.82) is 0 Å². The second-order valence-electron chi connectivity index (χ2n) is 8.26. The smallest absolute Gasteiger partial charge is 0.251 e. The summed E-state index contributed by atoms with van der Waals surface area (Å²) in [6, 6.07) is 7.11. The van der Waals surface area contributed by atoms with Gasteiger partial charge < -0.3 is 20.1 Å². The summed E-state index contributed by atoms with van der Waals surface area (Å²) in [6.45, 7) is 7.21. The maximum absolute atomic E-state index is 13.1. The van der Waals surface area contributed by atoms with E-state index < -0.39 is 6.04 Å². The van der Waals surface area contributed by atoms with Gasteiger partial charge >= 0.3 is 0 Å². The van der Waals surface area contributed by atoms with Crippen LogP contribution in [0.15, 0.2) is 24.3 Å². The Labute approximate surface area is 189 Å². The minimum atomic E-state index is -0.550. The van der Waals surface area contributed by atoms with Crippen LogP contribution in [0.3, 0.4) is 0 Å². The highest BCUT2D eigenvalue weighted by Crippen LogP contribution is 2.22. The van der Waals surface area contributed by atoms with Gasteiger partial charge in [-0.15, -0.1) is 0 Å². The van der Waals surface area contributed by atoms with Crippen LogP contribution in [0.2, 0.25) is 0 Å². The second kappa shape index (κ2) is 12.4. The molecule has 3 atom stereocenters. The first kappa shape index (κ1) is 24.0. The zero-order chi connectivity index (χ0) is 22.1. The number of thioether (sulfide) groups is 1. The summed E-state index contributed by atoms with van der Waals surface area (Å²) in [4.78, 5) is 28.2. The molecule has 0 saturated carbocycles. The molecule has 0 aliphatic carbocycles. The van der Waals surface area contributed by atoms with Crippen molar-refractivity contribution in [2.24, 2.45) is 5.92 Å². The van der Waals surface area contributed by atoms with E-state index in [4.69, 9.17) is 9.47 Å². The van der Waals surface area contributed by atoms with E-state index in [2.05, 4.69) is 15.5 Å². The van der Waals surface area contributed by atoms with Gasteiger partial charge in [0.2, 0.25) is 5.91 Å². The molecule has 0 bridgehead atoms. The average molecular weight is 450 g/mol. The molecule has 2 fully saturated rings. The van der Waals surface area contributed by atoms with E-state index in [0.717, 1.165) is 57.3 Å². The first-order valence-corrected chi connectivity index (χ1v) is 12.5. The van der Waals surface area contributed by atoms with Crippen LogP contribution < -0.4 is 10.6 Å². The first-order chi connectivity index (χ1) is 15.1. The molecule has 1 aromatic carbocycles. The molecular weight excluding hydrogens is 414 g/mol.